The fourth-order valence-electron chi connectivity index (χ4n) is 1.52. The molecule has 0 saturated heterocycles. The van der Waals surface area contributed by atoms with Gasteiger partial charge in [0.25, 0.3) is 11.6 Å². The van der Waals surface area contributed by atoms with Gasteiger partial charge < -0.3 is 9.84 Å². The molecule has 0 aliphatic carbocycles. The van der Waals surface area contributed by atoms with Crippen molar-refractivity contribution in [1.29, 1.82) is 0 Å². The third kappa shape index (κ3) is 3.09. The number of carbonyl (C=O) groups excluding carboxylic acids is 1. The fourth-order valence-corrected chi connectivity index (χ4v) is 1.80. The Hall–Kier alpha value is -2.48. The summed E-state index contributed by atoms with van der Waals surface area (Å²) >= 11 is 5.83. The Morgan fingerprint density at radius 2 is 2.30 bits per heavy atom. The number of rotatable bonds is 5. The summed E-state index contributed by atoms with van der Waals surface area (Å²) in [6.07, 6.45) is 1.57. The number of hydrogen-bond donors (Lipinski definition) is 1. The van der Waals surface area contributed by atoms with Crippen molar-refractivity contribution >= 4 is 23.2 Å². The first-order valence-electron chi connectivity index (χ1n) is 5.56. The fraction of sp³-hybridized carbons (Fsp3) is 0.182. The van der Waals surface area contributed by atoms with Crippen LogP contribution in [-0.2, 0) is 6.42 Å². The van der Waals surface area contributed by atoms with E-state index in [1.54, 1.807) is 0 Å². The van der Waals surface area contributed by atoms with E-state index in [-0.39, 0.29) is 22.8 Å². The Balaban J connectivity index is 2.02. The zero-order valence-corrected chi connectivity index (χ0v) is 10.8. The number of hydrogen-bond acceptors (Lipinski definition) is 6. The highest BCUT2D eigenvalue weighted by molar-refractivity contribution is 6.35. The molecule has 8 nitrogen and oxygen atoms in total. The quantitative estimate of drug-likeness (QED) is 0.662. The van der Waals surface area contributed by atoms with Gasteiger partial charge in [-0.15, -0.1) is 0 Å². The van der Waals surface area contributed by atoms with Gasteiger partial charge in [0.15, 0.2) is 5.82 Å². The Morgan fingerprint density at radius 3 is 2.95 bits per heavy atom. The van der Waals surface area contributed by atoms with Gasteiger partial charge in [0.05, 0.1) is 10.5 Å². The maximum absolute atomic E-state index is 11.9. The second-order valence-corrected chi connectivity index (χ2v) is 4.13. The highest BCUT2D eigenvalue weighted by Crippen LogP contribution is 2.27. The van der Waals surface area contributed by atoms with Crippen LogP contribution < -0.4 is 5.32 Å². The Bertz CT molecular complexity index is 629. The summed E-state index contributed by atoms with van der Waals surface area (Å²) in [7, 11) is 0. The van der Waals surface area contributed by atoms with E-state index in [0.717, 1.165) is 0 Å². The molecule has 0 saturated carbocycles. The summed E-state index contributed by atoms with van der Waals surface area (Å²) in [6.45, 7) is 0.261. The highest BCUT2D eigenvalue weighted by atomic mass is 35.5. The second kappa shape index (κ2) is 6.11. The van der Waals surface area contributed by atoms with Crippen LogP contribution in [0.4, 0.5) is 5.69 Å². The second-order valence-electron chi connectivity index (χ2n) is 3.75. The molecule has 0 radical (unpaired) electrons. The number of nitrogens with one attached hydrogen (secondary N) is 1. The molecule has 20 heavy (non-hydrogen) atoms. The molecule has 1 N–H and O–H groups in total. The Labute approximate surface area is 117 Å². The highest BCUT2D eigenvalue weighted by Gasteiger charge is 2.19. The Morgan fingerprint density at radius 1 is 1.50 bits per heavy atom. The predicted molar refractivity (Wildman–Crippen MR) is 68.4 cm³/mol. The molecule has 0 spiro atoms. The van der Waals surface area contributed by atoms with Crippen LogP contribution in [0.15, 0.2) is 29.1 Å². The lowest BCUT2D eigenvalue weighted by atomic mass is 10.2. The van der Waals surface area contributed by atoms with Crippen molar-refractivity contribution in [3.63, 3.8) is 0 Å². The summed E-state index contributed by atoms with van der Waals surface area (Å²) < 4.78 is 4.55. The van der Waals surface area contributed by atoms with Crippen LogP contribution in [0, 0.1) is 10.1 Å². The molecule has 0 unspecified atom stereocenters. The molecular weight excluding hydrogens is 288 g/mol. The minimum Gasteiger partial charge on any atom is -0.352 e. The number of carbonyl (C=O) groups is 1. The normalized spacial score (nSPS) is 10.2. The van der Waals surface area contributed by atoms with Gasteiger partial charge in [-0.3, -0.25) is 14.9 Å². The smallest absolute Gasteiger partial charge is 0.288 e. The molecule has 2 rings (SSSR count). The lowest BCUT2D eigenvalue weighted by Crippen LogP contribution is -2.26. The molecule has 1 amide bonds. The van der Waals surface area contributed by atoms with Crippen molar-refractivity contribution in [2.75, 3.05) is 6.54 Å². The standard InChI is InChI=1S/C11H9ClN4O4/c12-10-7(2-1-3-8(10)16(18)19)11(17)13-5-4-9-14-6-20-15-9/h1-3,6H,4-5H2,(H,13,17). The van der Waals surface area contributed by atoms with Crippen molar-refractivity contribution in [3.8, 4) is 0 Å². The number of nitro benzene ring substituents is 1. The summed E-state index contributed by atoms with van der Waals surface area (Å²) in [5, 5.41) is 16.7. The molecular formula is C11H9ClN4O4. The van der Waals surface area contributed by atoms with Gasteiger partial charge in [-0.1, -0.05) is 22.8 Å². The summed E-state index contributed by atoms with van der Waals surface area (Å²) in [6, 6.07) is 4.05. The van der Waals surface area contributed by atoms with Gasteiger partial charge in [0, 0.05) is 19.0 Å². The molecule has 0 fully saturated rings. The lowest BCUT2D eigenvalue weighted by molar-refractivity contribution is -0.384. The maximum Gasteiger partial charge on any atom is 0.288 e. The molecule has 9 heteroatoms. The number of halogens is 1. The molecule has 1 aromatic carbocycles. The molecule has 2 aromatic rings. The maximum atomic E-state index is 11.9. The van der Waals surface area contributed by atoms with Crippen LogP contribution in [0.5, 0.6) is 0 Å². The summed E-state index contributed by atoms with van der Waals surface area (Å²) in [5.74, 6) is -0.0439. The van der Waals surface area contributed by atoms with Gasteiger partial charge in [-0.05, 0) is 6.07 Å². The van der Waals surface area contributed by atoms with E-state index >= 15 is 0 Å². The van der Waals surface area contributed by atoms with Gasteiger partial charge in [0.1, 0.15) is 5.02 Å². The Kier molecular flexibility index (Phi) is 4.26. The molecule has 0 aliphatic rings. The minimum absolute atomic E-state index is 0.0500. The average molecular weight is 297 g/mol. The number of amides is 1. The van der Waals surface area contributed by atoms with Crippen LogP contribution in [-0.4, -0.2) is 27.5 Å². The van der Waals surface area contributed by atoms with Crippen LogP contribution in [0.1, 0.15) is 16.2 Å². The van der Waals surface area contributed by atoms with Crippen molar-refractivity contribution in [2.45, 2.75) is 6.42 Å². The largest absolute Gasteiger partial charge is 0.352 e. The van der Waals surface area contributed by atoms with E-state index in [2.05, 4.69) is 20.0 Å². The first-order valence-corrected chi connectivity index (χ1v) is 5.93. The van der Waals surface area contributed by atoms with E-state index in [1.165, 1.54) is 24.6 Å². The zero-order chi connectivity index (χ0) is 14.5. The minimum atomic E-state index is -0.640. The van der Waals surface area contributed by atoms with Crippen LogP contribution in [0.25, 0.3) is 0 Å². The lowest BCUT2D eigenvalue weighted by Gasteiger charge is -2.05. The SMILES string of the molecule is O=C(NCCc1ncon1)c1cccc([N+](=O)[O-])c1Cl. The molecule has 1 aromatic heterocycles. The first-order chi connectivity index (χ1) is 9.59. The van der Waals surface area contributed by atoms with Crippen LogP contribution in [0.2, 0.25) is 5.02 Å². The van der Waals surface area contributed by atoms with Crippen LogP contribution >= 0.6 is 11.6 Å². The third-order valence-electron chi connectivity index (χ3n) is 2.46. The van der Waals surface area contributed by atoms with Gasteiger partial charge in [-0.25, -0.2) is 0 Å². The predicted octanol–water partition coefficient (Wildman–Crippen LogP) is 1.60. The van der Waals surface area contributed by atoms with Gasteiger partial charge >= 0.3 is 0 Å². The van der Waals surface area contributed by atoms with Crippen molar-refractivity contribution in [2.24, 2.45) is 0 Å². The average Bonchev–Trinajstić information content (AvgIpc) is 2.91. The number of aromatic nitrogens is 2. The van der Waals surface area contributed by atoms with E-state index in [1.807, 2.05) is 0 Å². The number of benzene rings is 1. The van der Waals surface area contributed by atoms with E-state index < -0.39 is 10.8 Å². The number of nitrogens with zero attached hydrogens (tertiary/aromatic N) is 3. The molecule has 1 heterocycles. The molecule has 104 valence electrons. The molecule has 0 aliphatic heterocycles. The first kappa shape index (κ1) is 13.9. The van der Waals surface area contributed by atoms with Crippen molar-refractivity contribution < 1.29 is 14.2 Å². The van der Waals surface area contributed by atoms with Crippen molar-refractivity contribution in [1.82, 2.24) is 15.5 Å². The zero-order valence-electron chi connectivity index (χ0n) is 10.1. The molecule has 0 atom stereocenters. The van der Waals surface area contributed by atoms with Gasteiger partial charge in [-0.2, -0.15) is 4.98 Å². The molecule has 0 bridgehead atoms. The third-order valence-corrected chi connectivity index (χ3v) is 2.86. The van der Waals surface area contributed by atoms with E-state index in [9.17, 15) is 14.9 Å². The number of nitro groups is 1. The summed E-state index contributed by atoms with van der Waals surface area (Å²) in [4.78, 5) is 25.8. The van der Waals surface area contributed by atoms with Gasteiger partial charge in [0.2, 0.25) is 6.39 Å². The van der Waals surface area contributed by atoms with Crippen molar-refractivity contribution in [3.05, 3.63) is 51.1 Å². The summed E-state index contributed by atoms with van der Waals surface area (Å²) in [5.41, 5.74) is -0.258. The van der Waals surface area contributed by atoms with E-state index in [0.29, 0.717) is 12.2 Å². The monoisotopic (exact) mass is 296 g/mol. The topological polar surface area (TPSA) is 111 Å². The van der Waals surface area contributed by atoms with Crippen LogP contribution in [0.3, 0.4) is 0 Å². The van der Waals surface area contributed by atoms with E-state index in [4.69, 9.17) is 11.6 Å².